The fourth-order valence-corrected chi connectivity index (χ4v) is 2.45. The van der Waals surface area contributed by atoms with Crippen molar-refractivity contribution in [1.29, 1.82) is 0 Å². The number of pyridine rings is 1. The fraction of sp³-hybridized carbons (Fsp3) is 0. The van der Waals surface area contributed by atoms with E-state index in [2.05, 4.69) is 10.3 Å². The number of benzene rings is 2. The van der Waals surface area contributed by atoms with Crippen molar-refractivity contribution in [2.45, 2.75) is 0 Å². The van der Waals surface area contributed by atoms with Gasteiger partial charge in [0.25, 0.3) is 0 Å². The molecule has 0 unspecified atom stereocenters. The van der Waals surface area contributed by atoms with Crippen LogP contribution in [0.25, 0.3) is 11.1 Å². The molecule has 0 aliphatic carbocycles. The number of carbonyl (C=O) groups excluding carboxylic acids is 1. The Morgan fingerprint density at radius 3 is 2.42 bits per heavy atom. The van der Waals surface area contributed by atoms with Crippen LogP contribution in [-0.2, 0) is 0 Å². The van der Waals surface area contributed by atoms with Crippen LogP contribution in [0, 0.1) is 10.1 Å². The van der Waals surface area contributed by atoms with Gasteiger partial charge in [0.1, 0.15) is 11.9 Å². The summed E-state index contributed by atoms with van der Waals surface area (Å²) in [5.41, 5.74) is 2.98. The van der Waals surface area contributed by atoms with Crippen LogP contribution in [0.3, 0.4) is 0 Å². The summed E-state index contributed by atoms with van der Waals surface area (Å²) in [5, 5.41) is 14.2. The SMILES string of the molecule is O=Cc1ccccc1-c1ccccc1Nc1ccncc1[N+](=O)[O-]. The zero-order valence-corrected chi connectivity index (χ0v) is 12.5. The molecule has 1 N–H and O–H groups in total. The molecule has 0 aliphatic heterocycles. The topological polar surface area (TPSA) is 85.1 Å². The van der Waals surface area contributed by atoms with Gasteiger partial charge in [-0.2, -0.15) is 0 Å². The second-order valence-electron chi connectivity index (χ2n) is 5.03. The molecule has 3 aromatic rings. The Balaban J connectivity index is 2.09. The maximum Gasteiger partial charge on any atom is 0.310 e. The molecule has 3 rings (SSSR count). The molecule has 24 heavy (non-hydrogen) atoms. The lowest BCUT2D eigenvalue weighted by atomic mass is 9.98. The second kappa shape index (κ2) is 6.70. The van der Waals surface area contributed by atoms with Crippen molar-refractivity contribution in [1.82, 2.24) is 4.98 Å². The van der Waals surface area contributed by atoms with Crippen molar-refractivity contribution in [2.75, 3.05) is 5.32 Å². The largest absolute Gasteiger partial charge is 0.349 e. The van der Waals surface area contributed by atoms with Crippen molar-refractivity contribution in [3.63, 3.8) is 0 Å². The molecule has 0 bridgehead atoms. The van der Waals surface area contributed by atoms with E-state index < -0.39 is 4.92 Å². The number of hydrogen-bond acceptors (Lipinski definition) is 5. The van der Waals surface area contributed by atoms with Gasteiger partial charge in [-0.05, 0) is 17.7 Å². The predicted molar refractivity (Wildman–Crippen MR) is 91.4 cm³/mol. The molecule has 0 spiro atoms. The summed E-state index contributed by atoms with van der Waals surface area (Å²) in [7, 11) is 0. The Bertz CT molecular complexity index is 909. The Morgan fingerprint density at radius 1 is 0.958 bits per heavy atom. The predicted octanol–water partition coefficient (Wildman–Crippen LogP) is 4.21. The van der Waals surface area contributed by atoms with E-state index >= 15 is 0 Å². The maximum absolute atomic E-state index is 11.3. The van der Waals surface area contributed by atoms with E-state index in [0.717, 1.165) is 17.4 Å². The number of nitrogens with zero attached hydrogens (tertiary/aromatic N) is 2. The number of anilines is 2. The molecule has 0 aliphatic rings. The Hall–Kier alpha value is -3.54. The van der Waals surface area contributed by atoms with Gasteiger partial charge in [0.2, 0.25) is 0 Å². The van der Waals surface area contributed by atoms with Gasteiger partial charge in [-0.25, -0.2) is 0 Å². The number of para-hydroxylation sites is 1. The lowest BCUT2D eigenvalue weighted by Crippen LogP contribution is -1.99. The van der Waals surface area contributed by atoms with Gasteiger partial charge in [0.15, 0.2) is 6.29 Å². The number of carbonyl (C=O) groups is 1. The first-order chi connectivity index (χ1) is 11.7. The molecule has 0 saturated heterocycles. The Morgan fingerprint density at radius 2 is 1.67 bits per heavy atom. The van der Waals surface area contributed by atoms with Crippen molar-refractivity contribution >= 4 is 23.3 Å². The van der Waals surface area contributed by atoms with Gasteiger partial charge in [-0.1, -0.05) is 42.5 Å². The van der Waals surface area contributed by atoms with Gasteiger partial charge in [0, 0.05) is 23.0 Å². The molecule has 0 amide bonds. The van der Waals surface area contributed by atoms with Crippen LogP contribution in [0.4, 0.5) is 17.1 Å². The molecule has 0 radical (unpaired) electrons. The molecular weight excluding hydrogens is 306 g/mol. The van der Waals surface area contributed by atoms with Crippen molar-refractivity contribution < 1.29 is 9.72 Å². The van der Waals surface area contributed by atoms with Crippen molar-refractivity contribution in [3.05, 3.63) is 82.7 Å². The monoisotopic (exact) mass is 319 g/mol. The summed E-state index contributed by atoms with van der Waals surface area (Å²) in [6.07, 6.45) is 3.47. The van der Waals surface area contributed by atoms with Gasteiger partial charge >= 0.3 is 5.69 Å². The average molecular weight is 319 g/mol. The Labute approximate surface area is 137 Å². The van der Waals surface area contributed by atoms with E-state index in [0.29, 0.717) is 16.9 Å². The van der Waals surface area contributed by atoms with E-state index in [1.165, 1.54) is 12.4 Å². The number of aromatic nitrogens is 1. The molecule has 1 heterocycles. The van der Waals surface area contributed by atoms with Gasteiger partial charge in [-0.3, -0.25) is 19.9 Å². The summed E-state index contributed by atoms with van der Waals surface area (Å²) in [6, 6.07) is 16.1. The molecule has 1 aromatic heterocycles. The van der Waals surface area contributed by atoms with E-state index in [-0.39, 0.29) is 5.69 Å². The lowest BCUT2D eigenvalue weighted by Gasteiger charge is -2.13. The third kappa shape index (κ3) is 2.98. The molecule has 0 fully saturated rings. The quantitative estimate of drug-likeness (QED) is 0.432. The summed E-state index contributed by atoms with van der Waals surface area (Å²) < 4.78 is 0. The minimum atomic E-state index is -0.489. The van der Waals surface area contributed by atoms with E-state index in [9.17, 15) is 14.9 Å². The zero-order valence-electron chi connectivity index (χ0n) is 12.5. The highest BCUT2D eigenvalue weighted by molar-refractivity contribution is 5.92. The van der Waals surface area contributed by atoms with Crippen molar-refractivity contribution in [3.8, 4) is 11.1 Å². The molecule has 0 atom stereocenters. The van der Waals surface area contributed by atoms with Gasteiger partial charge in [0.05, 0.1) is 4.92 Å². The first-order valence-electron chi connectivity index (χ1n) is 7.19. The van der Waals surface area contributed by atoms with Gasteiger partial charge < -0.3 is 5.32 Å². The molecular formula is C18H13N3O3. The van der Waals surface area contributed by atoms with Crippen LogP contribution in [0.2, 0.25) is 0 Å². The number of hydrogen-bond donors (Lipinski definition) is 1. The molecule has 118 valence electrons. The third-order valence-corrected chi connectivity index (χ3v) is 3.57. The van der Waals surface area contributed by atoms with Crippen molar-refractivity contribution in [2.24, 2.45) is 0 Å². The average Bonchev–Trinajstić information content (AvgIpc) is 2.62. The maximum atomic E-state index is 11.3. The molecule has 6 nitrogen and oxygen atoms in total. The summed E-state index contributed by atoms with van der Waals surface area (Å²) in [4.78, 5) is 25.7. The lowest BCUT2D eigenvalue weighted by molar-refractivity contribution is -0.384. The van der Waals surface area contributed by atoms with E-state index in [1.54, 1.807) is 24.3 Å². The number of nitro groups is 1. The van der Waals surface area contributed by atoms with E-state index in [4.69, 9.17) is 0 Å². The summed E-state index contributed by atoms with van der Waals surface area (Å²) in [5.74, 6) is 0. The fourth-order valence-electron chi connectivity index (χ4n) is 2.45. The smallest absolute Gasteiger partial charge is 0.310 e. The van der Waals surface area contributed by atoms with Gasteiger partial charge in [-0.15, -0.1) is 0 Å². The Kier molecular flexibility index (Phi) is 4.29. The molecule has 2 aromatic carbocycles. The van der Waals surface area contributed by atoms with Crippen LogP contribution in [-0.4, -0.2) is 16.2 Å². The first-order valence-corrected chi connectivity index (χ1v) is 7.19. The zero-order chi connectivity index (χ0) is 16.9. The second-order valence-corrected chi connectivity index (χ2v) is 5.03. The first kappa shape index (κ1) is 15.4. The molecule has 6 heteroatoms. The molecule has 0 saturated carbocycles. The normalized spacial score (nSPS) is 10.2. The van der Waals surface area contributed by atoms with Crippen LogP contribution >= 0.6 is 0 Å². The minimum Gasteiger partial charge on any atom is -0.349 e. The standard InChI is InChI=1S/C18H13N3O3/c22-12-13-5-1-2-6-14(13)15-7-3-4-8-16(15)20-17-9-10-19-11-18(17)21(23)24/h1-12H,(H,19,20). The summed E-state index contributed by atoms with van der Waals surface area (Å²) in [6.45, 7) is 0. The van der Waals surface area contributed by atoms with Crippen LogP contribution < -0.4 is 5.32 Å². The van der Waals surface area contributed by atoms with Crippen LogP contribution in [0.1, 0.15) is 10.4 Å². The minimum absolute atomic E-state index is 0.115. The number of nitrogens with one attached hydrogen (secondary N) is 1. The number of rotatable bonds is 5. The number of aldehydes is 1. The third-order valence-electron chi connectivity index (χ3n) is 3.57. The highest BCUT2D eigenvalue weighted by Crippen LogP contribution is 2.34. The van der Waals surface area contributed by atoms with Crippen LogP contribution in [0.5, 0.6) is 0 Å². The highest BCUT2D eigenvalue weighted by Gasteiger charge is 2.15. The van der Waals surface area contributed by atoms with E-state index in [1.807, 2.05) is 30.3 Å². The highest BCUT2D eigenvalue weighted by atomic mass is 16.6. The van der Waals surface area contributed by atoms with Crippen LogP contribution in [0.15, 0.2) is 67.0 Å². The summed E-state index contributed by atoms with van der Waals surface area (Å²) >= 11 is 0.